The number of hydrazine groups is 1. The van der Waals surface area contributed by atoms with Crippen molar-refractivity contribution in [3.05, 3.63) is 18.3 Å². The number of nitrogens with one attached hydrogen (secondary N) is 2. The highest BCUT2D eigenvalue weighted by Crippen LogP contribution is 2.16. The molecule has 0 aliphatic heterocycles. The lowest BCUT2D eigenvalue weighted by atomic mass is 10.5. The number of nitrogens with zero attached hydrogens (tertiary/aromatic N) is 1. The van der Waals surface area contributed by atoms with Gasteiger partial charge in [-0.3, -0.25) is 0 Å². The Kier molecular flexibility index (Phi) is 5.68. The summed E-state index contributed by atoms with van der Waals surface area (Å²) in [6.45, 7) is -2.15. The lowest BCUT2D eigenvalue weighted by Crippen LogP contribution is -2.30. The summed E-state index contributed by atoms with van der Waals surface area (Å²) in [5.74, 6) is 5.04. The Balaban J connectivity index is 2.54. The lowest BCUT2D eigenvalue weighted by molar-refractivity contribution is -0.173. The number of pyridine rings is 1. The number of halogens is 3. The molecule has 4 N–H and O–H groups in total. The van der Waals surface area contributed by atoms with E-state index in [0.29, 0.717) is 0 Å². The van der Waals surface area contributed by atoms with Crippen molar-refractivity contribution in [2.24, 2.45) is 5.84 Å². The van der Waals surface area contributed by atoms with E-state index < -0.39 is 29.4 Å². The van der Waals surface area contributed by atoms with E-state index in [-0.39, 0.29) is 17.3 Å². The summed E-state index contributed by atoms with van der Waals surface area (Å²) < 4.78 is 65.4. The van der Waals surface area contributed by atoms with Crippen LogP contribution < -0.4 is 16.0 Å². The largest absolute Gasteiger partial charge is 0.411 e. The van der Waals surface area contributed by atoms with Crippen LogP contribution in [0, 0.1) is 0 Å². The van der Waals surface area contributed by atoms with E-state index in [4.69, 9.17) is 5.84 Å². The fourth-order valence-corrected chi connectivity index (χ4v) is 2.36. The van der Waals surface area contributed by atoms with E-state index in [0.717, 1.165) is 0 Å². The predicted octanol–water partition coefficient (Wildman–Crippen LogP) is 0.224. The number of alkyl halides is 3. The Bertz CT molecular complexity index is 535. The van der Waals surface area contributed by atoms with Crippen molar-refractivity contribution in [2.45, 2.75) is 11.1 Å². The first kappa shape index (κ1) is 16.6. The summed E-state index contributed by atoms with van der Waals surface area (Å²) >= 11 is 0. The molecule has 1 aromatic rings. The third kappa shape index (κ3) is 5.28. The zero-order chi connectivity index (χ0) is 15.2. The van der Waals surface area contributed by atoms with E-state index in [1.165, 1.54) is 18.3 Å². The van der Waals surface area contributed by atoms with Gasteiger partial charge in [-0.1, -0.05) is 0 Å². The van der Waals surface area contributed by atoms with Gasteiger partial charge in [0.25, 0.3) is 0 Å². The number of hydrogen-bond donors (Lipinski definition) is 3. The van der Waals surface area contributed by atoms with E-state index >= 15 is 0 Å². The molecule has 0 amide bonds. The summed E-state index contributed by atoms with van der Waals surface area (Å²) in [5.41, 5.74) is 2.11. The van der Waals surface area contributed by atoms with Gasteiger partial charge in [-0.25, -0.2) is 24.0 Å². The number of nitrogen functional groups attached to an aromatic ring is 1. The molecule has 0 atom stereocenters. The summed E-state index contributed by atoms with van der Waals surface area (Å²) in [5, 5.41) is 0. The van der Waals surface area contributed by atoms with Gasteiger partial charge in [-0.05, 0) is 12.1 Å². The Morgan fingerprint density at radius 2 is 2.10 bits per heavy atom. The first-order valence-electron chi connectivity index (χ1n) is 5.32. The lowest BCUT2D eigenvalue weighted by Gasteiger charge is -2.11. The van der Waals surface area contributed by atoms with Crippen LogP contribution in [0.2, 0.25) is 0 Å². The number of ether oxygens (including phenoxy) is 1. The zero-order valence-electron chi connectivity index (χ0n) is 10.1. The highest BCUT2D eigenvalue weighted by Gasteiger charge is 2.27. The molecule has 1 heterocycles. The number of nitrogens with two attached hydrogens (primary N) is 1. The van der Waals surface area contributed by atoms with Crippen LogP contribution in [0.15, 0.2) is 23.2 Å². The second-order valence-corrected chi connectivity index (χ2v) is 5.30. The van der Waals surface area contributed by atoms with Crippen molar-refractivity contribution in [1.82, 2.24) is 9.71 Å². The van der Waals surface area contributed by atoms with Gasteiger partial charge in [0.2, 0.25) is 10.0 Å². The van der Waals surface area contributed by atoms with E-state index in [2.05, 4.69) is 19.9 Å². The third-order valence-corrected chi connectivity index (χ3v) is 3.49. The monoisotopic (exact) mass is 314 g/mol. The SMILES string of the molecule is NNc1ncccc1S(=O)(=O)NCCOCC(F)(F)F. The number of anilines is 1. The van der Waals surface area contributed by atoms with Crippen LogP contribution in [0.5, 0.6) is 0 Å². The fraction of sp³-hybridized carbons (Fsp3) is 0.444. The van der Waals surface area contributed by atoms with Crippen LogP contribution in [-0.2, 0) is 14.8 Å². The summed E-state index contributed by atoms with van der Waals surface area (Å²) in [6, 6.07) is 2.64. The number of hydrogen-bond acceptors (Lipinski definition) is 6. The average molecular weight is 314 g/mol. The van der Waals surface area contributed by atoms with Crippen LogP contribution in [0.4, 0.5) is 19.0 Å². The van der Waals surface area contributed by atoms with Gasteiger partial charge in [0.15, 0.2) is 5.82 Å². The maximum atomic E-state index is 11.8. The van der Waals surface area contributed by atoms with Crippen molar-refractivity contribution in [3.63, 3.8) is 0 Å². The quantitative estimate of drug-likeness (QED) is 0.378. The molecule has 0 fully saturated rings. The topological polar surface area (TPSA) is 106 Å². The van der Waals surface area contributed by atoms with Gasteiger partial charge in [-0.2, -0.15) is 13.2 Å². The maximum absolute atomic E-state index is 11.8. The number of aromatic nitrogens is 1. The molecule has 0 bridgehead atoms. The van der Waals surface area contributed by atoms with Gasteiger partial charge < -0.3 is 10.2 Å². The second-order valence-electron chi connectivity index (χ2n) is 3.56. The molecule has 0 aromatic carbocycles. The molecule has 20 heavy (non-hydrogen) atoms. The van der Waals surface area contributed by atoms with Crippen LogP contribution in [0.25, 0.3) is 0 Å². The number of sulfonamides is 1. The second kappa shape index (κ2) is 6.83. The Morgan fingerprint density at radius 3 is 2.70 bits per heavy atom. The Hall–Kier alpha value is -1.43. The zero-order valence-corrected chi connectivity index (χ0v) is 11.0. The van der Waals surface area contributed by atoms with Crippen LogP contribution in [-0.4, -0.2) is 39.3 Å². The first-order valence-corrected chi connectivity index (χ1v) is 6.80. The van der Waals surface area contributed by atoms with Gasteiger partial charge in [0.05, 0.1) is 6.61 Å². The molecule has 1 aromatic heterocycles. The fourth-order valence-electron chi connectivity index (χ4n) is 1.23. The maximum Gasteiger partial charge on any atom is 0.411 e. The molecular weight excluding hydrogens is 301 g/mol. The van der Waals surface area contributed by atoms with Gasteiger partial charge >= 0.3 is 6.18 Å². The average Bonchev–Trinajstić information content (AvgIpc) is 2.36. The molecular formula is C9H13F3N4O3S. The van der Waals surface area contributed by atoms with Crippen molar-refractivity contribution >= 4 is 15.8 Å². The molecule has 0 aliphatic rings. The highest BCUT2D eigenvalue weighted by molar-refractivity contribution is 7.89. The molecule has 7 nitrogen and oxygen atoms in total. The van der Waals surface area contributed by atoms with Crippen molar-refractivity contribution in [3.8, 4) is 0 Å². The standard InChI is InChI=1S/C9H13F3N4O3S/c10-9(11,12)6-19-5-4-15-20(17,18)7-2-1-3-14-8(7)16-13/h1-3,15H,4-6,13H2,(H,14,16). The van der Waals surface area contributed by atoms with E-state index in [1.54, 1.807) is 0 Å². The third-order valence-electron chi connectivity index (χ3n) is 2.00. The van der Waals surface area contributed by atoms with Crippen molar-refractivity contribution < 1.29 is 26.3 Å². The predicted molar refractivity (Wildman–Crippen MR) is 64.1 cm³/mol. The molecule has 1 rings (SSSR count). The smallest absolute Gasteiger partial charge is 0.371 e. The van der Waals surface area contributed by atoms with Crippen LogP contribution in [0.3, 0.4) is 0 Å². The molecule has 0 saturated heterocycles. The molecule has 0 saturated carbocycles. The summed E-state index contributed by atoms with van der Waals surface area (Å²) in [7, 11) is -3.94. The van der Waals surface area contributed by atoms with Crippen LogP contribution >= 0.6 is 0 Å². The van der Waals surface area contributed by atoms with Gasteiger partial charge in [-0.15, -0.1) is 0 Å². The minimum absolute atomic E-state index is 0.0730. The Morgan fingerprint density at radius 1 is 1.40 bits per heavy atom. The molecule has 0 radical (unpaired) electrons. The molecule has 0 spiro atoms. The summed E-state index contributed by atoms with van der Waals surface area (Å²) in [6.07, 6.45) is -3.11. The Labute approximate surface area is 113 Å². The minimum Gasteiger partial charge on any atom is -0.371 e. The first-order chi connectivity index (χ1) is 9.26. The normalized spacial score (nSPS) is 12.4. The highest BCUT2D eigenvalue weighted by atomic mass is 32.2. The summed E-state index contributed by atoms with van der Waals surface area (Å²) in [4.78, 5) is 3.49. The van der Waals surface area contributed by atoms with E-state index in [9.17, 15) is 21.6 Å². The van der Waals surface area contributed by atoms with Gasteiger partial charge in [0.1, 0.15) is 11.5 Å². The molecule has 0 aliphatic carbocycles. The number of rotatable bonds is 7. The van der Waals surface area contributed by atoms with Crippen LogP contribution in [0.1, 0.15) is 0 Å². The van der Waals surface area contributed by atoms with E-state index in [1.807, 2.05) is 0 Å². The van der Waals surface area contributed by atoms with Crippen molar-refractivity contribution in [2.75, 3.05) is 25.2 Å². The van der Waals surface area contributed by atoms with Gasteiger partial charge in [0, 0.05) is 12.7 Å². The molecule has 114 valence electrons. The minimum atomic E-state index is -4.45. The van der Waals surface area contributed by atoms with Crippen molar-refractivity contribution in [1.29, 1.82) is 0 Å². The molecule has 11 heteroatoms. The molecule has 0 unspecified atom stereocenters.